The van der Waals surface area contributed by atoms with E-state index >= 15 is 0 Å². The van der Waals surface area contributed by atoms with E-state index in [1.54, 1.807) is 6.07 Å². The van der Waals surface area contributed by atoms with Gasteiger partial charge in [0.05, 0.1) is 20.8 Å². The average Bonchev–Trinajstić information content (AvgIpc) is 3.36. The fraction of sp³-hybridized carbons (Fsp3) is 0.231. The van der Waals surface area contributed by atoms with Crippen molar-refractivity contribution >= 4 is 45.4 Å². The standard InChI is InChI=1S/C26H21F4IN4O5/c1-38-18-7-5-16(15-6-8-20(26(28,29)30)33-22(15)18)24-34-23(19(10-32)40-24)25(37)35(12-21(36)39-2)11-13-3-4-14(31)9-17(13)27/h3-9H,10-12,32H2,1-2H3. The first-order valence-corrected chi connectivity index (χ1v) is 12.6. The number of nitrogens with zero attached hydrogens (tertiary/aromatic N) is 3. The molecule has 40 heavy (non-hydrogen) atoms. The first-order valence-electron chi connectivity index (χ1n) is 11.5. The molecule has 0 atom stereocenters. The summed E-state index contributed by atoms with van der Waals surface area (Å²) in [6.07, 6.45) is -4.69. The summed E-state index contributed by atoms with van der Waals surface area (Å²) in [4.78, 5) is 34.7. The van der Waals surface area contributed by atoms with Crippen LogP contribution in [0, 0.1) is 9.39 Å². The number of carbonyl (C=O) groups is 2. The lowest BCUT2D eigenvalue weighted by molar-refractivity contribution is -0.142. The normalized spacial score (nSPS) is 11.5. The zero-order valence-electron chi connectivity index (χ0n) is 21.0. The van der Waals surface area contributed by atoms with Crippen LogP contribution in [0.1, 0.15) is 27.5 Å². The Kier molecular flexibility index (Phi) is 8.58. The van der Waals surface area contributed by atoms with Gasteiger partial charge in [-0.15, -0.1) is 0 Å². The Morgan fingerprint density at radius 1 is 1.10 bits per heavy atom. The summed E-state index contributed by atoms with van der Waals surface area (Å²) in [6.45, 7) is -1.09. The van der Waals surface area contributed by atoms with E-state index in [0.29, 0.717) is 3.57 Å². The minimum Gasteiger partial charge on any atom is -0.494 e. The third-order valence-electron chi connectivity index (χ3n) is 5.86. The van der Waals surface area contributed by atoms with Crippen molar-refractivity contribution in [3.63, 3.8) is 0 Å². The minimum absolute atomic E-state index is 0.0539. The first kappa shape index (κ1) is 29.2. The second-order valence-corrected chi connectivity index (χ2v) is 9.62. The number of ether oxygens (including phenoxy) is 2. The molecule has 9 nitrogen and oxygen atoms in total. The number of methoxy groups -OCH3 is 2. The van der Waals surface area contributed by atoms with Crippen LogP contribution in [0.5, 0.6) is 5.75 Å². The summed E-state index contributed by atoms with van der Waals surface area (Å²) in [5.41, 5.74) is 4.69. The summed E-state index contributed by atoms with van der Waals surface area (Å²) < 4.78 is 70.8. The van der Waals surface area contributed by atoms with Crippen molar-refractivity contribution in [2.45, 2.75) is 19.3 Å². The highest BCUT2D eigenvalue weighted by atomic mass is 127. The molecule has 4 rings (SSSR count). The summed E-state index contributed by atoms with van der Waals surface area (Å²) >= 11 is 1.94. The summed E-state index contributed by atoms with van der Waals surface area (Å²) in [7, 11) is 2.43. The monoisotopic (exact) mass is 672 g/mol. The number of aromatic nitrogens is 2. The Morgan fingerprint density at radius 2 is 1.85 bits per heavy atom. The number of hydrogen-bond donors (Lipinski definition) is 1. The number of benzene rings is 2. The molecular formula is C26H21F4IN4O5. The minimum atomic E-state index is -4.69. The van der Waals surface area contributed by atoms with E-state index in [0.717, 1.165) is 18.1 Å². The molecule has 210 valence electrons. The van der Waals surface area contributed by atoms with E-state index < -0.39 is 36.1 Å². The van der Waals surface area contributed by atoms with Crippen LogP contribution >= 0.6 is 22.6 Å². The maximum Gasteiger partial charge on any atom is 0.433 e. The molecule has 2 heterocycles. The van der Waals surface area contributed by atoms with Crippen molar-refractivity contribution in [2.75, 3.05) is 20.8 Å². The second-order valence-electron chi connectivity index (χ2n) is 8.37. The van der Waals surface area contributed by atoms with Gasteiger partial charge in [-0.25, -0.2) is 14.4 Å². The molecule has 0 fully saturated rings. The number of halogens is 5. The molecule has 0 aliphatic rings. The van der Waals surface area contributed by atoms with Crippen LogP contribution in [0.2, 0.25) is 0 Å². The van der Waals surface area contributed by atoms with Gasteiger partial charge in [-0.05, 0) is 59.0 Å². The van der Waals surface area contributed by atoms with Crippen molar-refractivity contribution < 1.29 is 41.0 Å². The van der Waals surface area contributed by atoms with Gasteiger partial charge >= 0.3 is 12.1 Å². The van der Waals surface area contributed by atoms with Crippen LogP contribution in [-0.4, -0.2) is 47.5 Å². The summed E-state index contributed by atoms with van der Waals surface area (Å²) in [6, 6.07) is 9.29. The van der Waals surface area contributed by atoms with Crippen molar-refractivity contribution in [2.24, 2.45) is 5.73 Å². The molecule has 0 unspecified atom stereocenters. The predicted octanol–water partition coefficient (Wildman–Crippen LogP) is 4.94. The molecule has 0 bridgehead atoms. The lowest BCUT2D eigenvalue weighted by Crippen LogP contribution is -2.36. The molecule has 0 aliphatic carbocycles. The first-order chi connectivity index (χ1) is 19.0. The Hall–Kier alpha value is -3.79. The predicted molar refractivity (Wildman–Crippen MR) is 143 cm³/mol. The number of pyridine rings is 1. The number of oxazole rings is 1. The Morgan fingerprint density at radius 3 is 2.48 bits per heavy atom. The van der Waals surface area contributed by atoms with Crippen LogP contribution < -0.4 is 10.5 Å². The summed E-state index contributed by atoms with van der Waals surface area (Å²) in [5, 5.41) is 0.212. The average molecular weight is 672 g/mol. The molecule has 0 saturated carbocycles. The Labute approximate surface area is 238 Å². The molecule has 14 heteroatoms. The molecule has 1 amide bonds. The number of fused-ring (bicyclic) bond motifs is 1. The highest BCUT2D eigenvalue weighted by Gasteiger charge is 2.33. The van der Waals surface area contributed by atoms with E-state index in [9.17, 15) is 27.2 Å². The number of carbonyl (C=O) groups excluding carboxylic acids is 2. The molecule has 0 radical (unpaired) electrons. The van der Waals surface area contributed by atoms with E-state index in [1.807, 2.05) is 22.6 Å². The molecule has 2 aromatic heterocycles. The number of alkyl halides is 3. The van der Waals surface area contributed by atoms with E-state index in [4.69, 9.17) is 19.6 Å². The topological polar surface area (TPSA) is 121 Å². The van der Waals surface area contributed by atoms with Crippen molar-refractivity contribution in [3.8, 4) is 17.2 Å². The van der Waals surface area contributed by atoms with E-state index in [1.165, 1.54) is 37.4 Å². The van der Waals surface area contributed by atoms with Gasteiger partial charge in [-0.3, -0.25) is 9.59 Å². The number of esters is 1. The number of nitrogens with two attached hydrogens (primary N) is 1. The SMILES string of the molecule is COC(=O)CN(Cc1ccc(I)cc1F)C(=O)c1nc(-c2ccc(OC)c3nc(C(F)(F)F)ccc23)oc1CN. The Balaban J connectivity index is 1.79. The van der Waals surface area contributed by atoms with Crippen LogP contribution in [0.4, 0.5) is 17.6 Å². The van der Waals surface area contributed by atoms with Crippen LogP contribution in [-0.2, 0) is 28.8 Å². The zero-order chi connectivity index (χ0) is 29.2. The van der Waals surface area contributed by atoms with E-state index in [-0.39, 0.29) is 58.2 Å². The van der Waals surface area contributed by atoms with Gasteiger partial charge in [0.2, 0.25) is 5.89 Å². The van der Waals surface area contributed by atoms with Crippen LogP contribution in [0.25, 0.3) is 22.4 Å². The maximum absolute atomic E-state index is 14.6. The van der Waals surface area contributed by atoms with Crippen molar-refractivity contribution in [1.29, 1.82) is 0 Å². The van der Waals surface area contributed by atoms with Gasteiger partial charge < -0.3 is 24.5 Å². The van der Waals surface area contributed by atoms with Gasteiger partial charge in [0.15, 0.2) is 11.5 Å². The highest BCUT2D eigenvalue weighted by molar-refractivity contribution is 14.1. The third-order valence-corrected chi connectivity index (χ3v) is 6.53. The lowest BCUT2D eigenvalue weighted by atomic mass is 10.1. The van der Waals surface area contributed by atoms with Gasteiger partial charge in [-0.2, -0.15) is 13.2 Å². The number of hydrogen-bond acceptors (Lipinski definition) is 8. The zero-order valence-corrected chi connectivity index (χ0v) is 23.2. The quantitative estimate of drug-likeness (QED) is 0.159. The fourth-order valence-electron chi connectivity index (χ4n) is 3.90. The van der Waals surface area contributed by atoms with Crippen molar-refractivity contribution in [1.82, 2.24) is 14.9 Å². The van der Waals surface area contributed by atoms with Gasteiger partial charge in [0.25, 0.3) is 5.91 Å². The third kappa shape index (κ3) is 6.01. The van der Waals surface area contributed by atoms with Crippen LogP contribution in [0.3, 0.4) is 0 Å². The number of amides is 1. The van der Waals surface area contributed by atoms with Gasteiger partial charge in [0.1, 0.15) is 29.3 Å². The Bertz CT molecular complexity index is 1590. The smallest absolute Gasteiger partial charge is 0.433 e. The second kappa shape index (κ2) is 11.8. The largest absolute Gasteiger partial charge is 0.494 e. The lowest BCUT2D eigenvalue weighted by Gasteiger charge is -2.21. The maximum atomic E-state index is 14.6. The van der Waals surface area contributed by atoms with E-state index in [2.05, 4.69) is 9.97 Å². The highest BCUT2D eigenvalue weighted by Crippen LogP contribution is 2.37. The molecule has 4 aromatic rings. The van der Waals surface area contributed by atoms with Gasteiger partial charge in [0, 0.05) is 26.6 Å². The molecule has 0 saturated heterocycles. The number of rotatable bonds is 8. The molecule has 2 N–H and O–H groups in total. The van der Waals surface area contributed by atoms with Crippen LogP contribution in [0.15, 0.2) is 46.9 Å². The van der Waals surface area contributed by atoms with Crippen molar-refractivity contribution in [3.05, 3.63) is 74.6 Å². The molecule has 0 spiro atoms. The fourth-order valence-corrected chi connectivity index (χ4v) is 4.35. The van der Waals surface area contributed by atoms with Gasteiger partial charge in [-0.1, -0.05) is 6.07 Å². The molecule has 0 aliphatic heterocycles. The molecule has 2 aromatic carbocycles. The summed E-state index contributed by atoms with van der Waals surface area (Å²) in [5.74, 6) is -2.24. The molecular weight excluding hydrogens is 651 g/mol.